The Kier molecular flexibility index (Phi) is 10.7. The maximum Gasteiger partial charge on any atom is 0.405 e. The first-order valence-electron chi connectivity index (χ1n) is 17.8. The first-order chi connectivity index (χ1) is 24.6. The van der Waals surface area contributed by atoms with Gasteiger partial charge in [-0.25, -0.2) is 13.2 Å². The maximum atomic E-state index is 14.4. The number of hydrogen-bond acceptors (Lipinski definition) is 9. The summed E-state index contributed by atoms with van der Waals surface area (Å²) in [5.41, 5.74) is -1.54. The van der Waals surface area contributed by atoms with Crippen LogP contribution in [-0.4, -0.2) is 88.8 Å². The molecule has 0 spiro atoms. The zero-order valence-electron chi connectivity index (χ0n) is 29.6. The first-order valence-corrected chi connectivity index (χ1v) is 19.8. The second-order valence-corrected chi connectivity index (χ2v) is 17.3. The average Bonchev–Trinajstić information content (AvgIpc) is 3.98. The Morgan fingerprint density at radius 1 is 1.13 bits per heavy atom. The minimum atomic E-state index is -3.91. The molecule has 3 fully saturated rings. The van der Waals surface area contributed by atoms with Crippen LogP contribution in [0, 0.1) is 17.8 Å². The van der Waals surface area contributed by atoms with Gasteiger partial charge < -0.3 is 30.1 Å². The Bertz CT molecular complexity index is 1890. The van der Waals surface area contributed by atoms with E-state index in [4.69, 9.17) is 21.1 Å². The Labute approximate surface area is 308 Å². The lowest BCUT2D eigenvalue weighted by atomic mass is 9.88. The molecule has 0 bridgehead atoms. The van der Waals surface area contributed by atoms with Crippen molar-refractivity contribution in [3.63, 3.8) is 0 Å². The van der Waals surface area contributed by atoms with Gasteiger partial charge >= 0.3 is 6.09 Å². The highest BCUT2D eigenvalue weighted by atomic mass is 35.5. The molecule has 1 aromatic carbocycles. The quantitative estimate of drug-likeness (QED) is 0.284. The summed E-state index contributed by atoms with van der Waals surface area (Å²) in [5, 5.41) is 16.0. The SMILES string of the molecule is CC(C)Oc1cc2c(Cl)cccc2c(O[C@@H]2C[C@H]3C(=O)N[C@]4(C(=O)NS(=O)(=O)C5CC5)C[C@H]4C=CCC[C@H](C)C[C@@H](C)[C@H](NC(=O)O)C(=O)N3C2)n1. The minimum absolute atomic E-state index is 0.0280. The van der Waals surface area contributed by atoms with Gasteiger partial charge in [-0.15, -0.1) is 0 Å². The topological polar surface area (TPSA) is 193 Å². The molecule has 2 saturated carbocycles. The smallest absolute Gasteiger partial charge is 0.405 e. The van der Waals surface area contributed by atoms with E-state index in [1.807, 2.05) is 32.9 Å². The van der Waals surface area contributed by atoms with Gasteiger partial charge in [0.2, 0.25) is 33.6 Å². The Morgan fingerprint density at radius 2 is 1.88 bits per heavy atom. The standard InChI is InChI=1S/C36H46ClN5O9S/c1-19(2)50-29-16-26-25(10-7-11-27(26)37)32(38-29)51-23-15-28-31(43)40-36(34(45)41-52(48,49)24-12-13-24)17-22(36)9-6-5-8-20(3)14-21(4)30(39-35(46)47)33(44)42(28)18-23/h6-7,9-11,16,19-24,28,30,39H,5,8,12-15,17-18H2,1-4H3,(H,40,43)(H,41,45)(H,46,47)/t20-,21+,22+,23+,28-,30-,36+/m0/s1. The fourth-order valence-electron chi connectivity index (χ4n) is 7.37. The van der Waals surface area contributed by atoms with E-state index in [2.05, 4.69) is 20.3 Å². The highest BCUT2D eigenvalue weighted by Gasteiger charge is 2.62. The number of pyridine rings is 1. The highest BCUT2D eigenvalue weighted by Crippen LogP contribution is 2.46. The molecule has 1 aromatic heterocycles. The number of rotatable bonds is 8. The molecule has 2 aliphatic carbocycles. The van der Waals surface area contributed by atoms with Crippen molar-refractivity contribution < 1.29 is 42.2 Å². The fourth-order valence-corrected chi connectivity index (χ4v) is 8.96. The van der Waals surface area contributed by atoms with Gasteiger partial charge in [-0.2, -0.15) is 4.98 Å². The molecule has 6 rings (SSSR count). The van der Waals surface area contributed by atoms with Crippen LogP contribution >= 0.6 is 11.6 Å². The van der Waals surface area contributed by atoms with Crippen molar-refractivity contribution in [3.05, 3.63) is 41.4 Å². The molecule has 16 heteroatoms. The lowest BCUT2D eigenvalue weighted by Gasteiger charge is -2.32. The summed E-state index contributed by atoms with van der Waals surface area (Å²) < 4.78 is 40.1. The third-order valence-corrected chi connectivity index (χ3v) is 12.4. The molecule has 4 aliphatic rings. The van der Waals surface area contributed by atoms with Crippen molar-refractivity contribution in [2.24, 2.45) is 17.8 Å². The van der Waals surface area contributed by atoms with Crippen LogP contribution in [-0.2, 0) is 24.4 Å². The van der Waals surface area contributed by atoms with Crippen molar-refractivity contribution >= 4 is 56.2 Å². The van der Waals surface area contributed by atoms with Gasteiger partial charge in [-0.1, -0.05) is 43.7 Å². The maximum absolute atomic E-state index is 14.4. The monoisotopic (exact) mass is 759 g/mol. The number of fused-ring (bicyclic) bond motifs is 3. The number of aromatic nitrogens is 1. The van der Waals surface area contributed by atoms with Crippen molar-refractivity contribution in [2.45, 2.75) is 108 Å². The number of ether oxygens (including phenoxy) is 2. The lowest BCUT2D eigenvalue weighted by Crippen LogP contribution is -2.59. The summed E-state index contributed by atoms with van der Waals surface area (Å²) in [4.78, 5) is 60.3. The largest absolute Gasteiger partial charge is 0.475 e. The Hall–Kier alpha value is -4.11. The molecule has 282 valence electrons. The minimum Gasteiger partial charge on any atom is -0.475 e. The molecule has 2 aliphatic heterocycles. The van der Waals surface area contributed by atoms with E-state index in [0.717, 1.165) is 6.42 Å². The predicted molar refractivity (Wildman–Crippen MR) is 192 cm³/mol. The number of halogens is 1. The number of allylic oxidation sites excluding steroid dienone is 1. The van der Waals surface area contributed by atoms with E-state index >= 15 is 0 Å². The molecule has 4 N–H and O–H groups in total. The number of amides is 4. The summed E-state index contributed by atoms with van der Waals surface area (Å²) in [6.45, 7) is 7.43. The van der Waals surface area contributed by atoms with Crippen LogP contribution < -0.4 is 24.8 Å². The van der Waals surface area contributed by atoms with Gasteiger partial charge in [0, 0.05) is 34.2 Å². The number of nitrogens with one attached hydrogen (secondary N) is 3. The number of nitrogens with zero attached hydrogens (tertiary/aromatic N) is 2. The van der Waals surface area contributed by atoms with Crippen LogP contribution in [0.5, 0.6) is 11.8 Å². The molecule has 7 atom stereocenters. The Morgan fingerprint density at radius 3 is 2.58 bits per heavy atom. The van der Waals surface area contributed by atoms with Gasteiger partial charge in [0.15, 0.2) is 0 Å². The molecular weight excluding hydrogens is 714 g/mol. The number of carbonyl (C=O) groups is 4. The van der Waals surface area contributed by atoms with Crippen LogP contribution in [0.1, 0.15) is 72.6 Å². The molecule has 1 saturated heterocycles. The van der Waals surface area contributed by atoms with Crippen LogP contribution in [0.2, 0.25) is 5.02 Å². The van der Waals surface area contributed by atoms with Crippen LogP contribution in [0.4, 0.5) is 4.79 Å². The van der Waals surface area contributed by atoms with E-state index in [0.29, 0.717) is 41.5 Å². The summed E-state index contributed by atoms with van der Waals surface area (Å²) in [6, 6.07) is 4.59. The molecular formula is C36H46ClN5O9S. The second kappa shape index (κ2) is 14.7. The first kappa shape index (κ1) is 37.6. The molecule has 2 aromatic rings. The molecule has 0 radical (unpaired) electrons. The van der Waals surface area contributed by atoms with Crippen molar-refractivity contribution in [1.82, 2.24) is 25.2 Å². The van der Waals surface area contributed by atoms with E-state index in [9.17, 15) is 32.7 Å². The van der Waals surface area contributed by atoms with Crippen molar-refractivity contribution in [3.8, 4) is 11.8 Å². The van der Waals surface area contributed by atoms with Gasteiger partial charge in [0.25, 0.3) is 5.91 Å². The molecule has 3 heterocycles. The summed E-state index contributed by atoms with van der Waals surface area (Å²) in [6.07, 6.45) is 4.35. The van der Waals surface area contributed by atoms with Gasteiger partial charge in [-0.3, -0.25) is 19.1 Å². The third-order valence-electron chi connectivity index (χ3n) is 10.3. The predicted octanol–water partition coefficient (Wildman–Crippen LogP) is 4.16. The normalized spacial score (nSPS) is 29.7. The summed E-state index contributed by atoms with van der Waals surface area (Å²) in [5.74, 6) is -2.45. The average molecular weight is 760 g/mol. The third kappa shape index (κ3) is 8.09. The Balaban J connectivity index is 1.36. The summed E-state index contributed by atoms with van der Waals surface area (Å²) >= 11 is 6.54. The second-order valence-electron chi connectivity index (χ2n) is 14.9. The van der Waals surface area contributed by atoms with Crippen LogP contribution in [0.3, 0.4) is 0 Å². The van der Waals surface area contributed by atoms with Crippen LogP contribution in [0.25, 0.3) is 10.8 Å². The van der Waals surface area contributed by atoms with Gasteiger partial charge in [-0.05, 0) is 76.3 Å². The number of sulfonamides is 1. The molecule has 52 heavy (non-hydrogen) atoms. The van der Waals surface area contributed by atoms with E-state index in [1.54, 1.807) is 31.2 Å². The zero-order valence-corrected chi connectivity index (χ0v) is 31.2. The number of hydrogen-bond donors (Lipinski definition) is 4. The number of carbonyl (C=O) groups excluding carboxylic acids is 3. The highest BCUT2D eigenvalue weighted by molar-refractivity contribution is 7.91. The van der Waals surface area contributed by atoms with E-state index in [-0.39, 0.29) is 43.2 Å². The number of carboxylic acid groups (broad SMARTS) is 1. The molecule has 4 amide bonds. The van der Waals surface area contributed by atoms with Gasteiger partial charge in [0.1, 0.15) is 23.7 Å². The van der Waals surface area contributed by atoms with Gasteiger partial charge in [0.05, 0.1) is 17.9 Å². The number of benzene rings is 1. The van der Waals surface area contributed by atoms with E-state index in [1.165, 1.54) is 4.90 Å². The lowest BCUT2D eigenvalue weighted by molar-refractivity contribution is -0.142. The molecule has 0 unspecified atom stereocenters. The fraction of sp³-hybridized carbons (Fsp3) is 0.583. The van der Waals surface area contributed by atoms with Crippen molar-refractivity contribution in [2.75, 3.05) is 6.54 Å². The molecule has 14 nitrogen and oxygen atoms in total. The van der Waals surface area contributed by atoms with Crippen molar-refractivity contribution in [1.29, 1.82) is 0 Å². The zero-order chi connectivity index (χ0) is 37.5. The summed E-state index contributed by atoms with van der Waals surface area (Å²) in [7, 11) is -3.91. The van der Waals surface area contributed by atoms with Crippen LogP contribution in [0.15, 0.2) is 36.4 Å². The van der Waals surface area contributed by atoms with E-state index < -0.39 is 74.7 Å².